The molecule has 1 saturated heterocycles. The molecule has 1 aliphatic heterocycles. The number of pyridine rings is 3. The Kier molecular flexibility index (Phi) is 18.8. The first-order valence-electron chi connectivity index (χ1n) is 26.8. The van der Waals surface area contributed by atoms with Crippen molar-refractivity contribution in [1.82, 2.24) is 55.1 Å². The number of benzene rings is 5. The number of urea groups is 3. The van der Waals surface area contributed by atoms with Crippen molar-refractivity contribution in [3.05, 3.63) is 205 Å². The van der Waals surface area contributed by atoms with E-state index in [1.54, 1.807) is 48.9 Å². The number of alkyl halides is 3. The van der Waals surface area contributed by atoms with Crippen LogP contribution < -0.4 is 31.9 Å². The highest BCUT2D eigenvalue weighted by atomic mass is 35.5. The molecule has 24 heteroatoms. The smallest absolute Gasteiger partial charge is 0.379 e. The Morgan fingerprint density at radius 1 is 0.500 bits per heavy atom. The fourth-order valence-corrected chi connectivity index (χ4v) is 8.70. The van der Waals surface area contributed by atoms with Gasteiger partial charge >= 0.3 is 24.3 Å². The van der Waals surface area contributed by atoms with E-state index in [2.05, 4.69) is 81.7 Å². The summed E-state index contributed by atoms with van der Waals surface area (Å²) in [6.45, 7) is 6.66. The van der Waals surface area contributed by atoms with Crippen LogP contribution in [0, 0.1) is 6.92 Å². The number of hydrogen-bond acceptors (Lipinski definition) is 14. The number of carbonyl (C=O) groups excluding carboxylic acids is 3. The Morgan fingerprint density at radius 3 is 1.34 bits per heavy atom. The molecule has 0 saturated carbocycles. The number of halogens is 4. The molecule has 432 valence electrons. The Balaban J connectivity index is 0.000000143. The number of carbonyl (C=O) groups is 3. The van der Waals surface area contributed by atoms with Gasteiger partial charge in [0.25, 0.3) is 0 Å². The van der Waals surface area contributed by atoms with Gasteiger partial charge in [-0.1, -0.05) is 120 Å². The molecular formula is C62H52ClF3N16O4. The Hall–Kier alpha value is -10.6. The SMILES string of the molecule is Cc1ccc(NC(=O)Nc2ccc3ncc(-c4ccccc4)nc3n2)cc1.O=C(NCCN1CCOCC1)Nc1ccc2ncc(-c3ccccc3)nc2n1.O=C(Nc1ccc(Cl)c(C(F)(F)F)c1)Nc1ccc2ncc(-c3ccccc3)nc2n1. The van der Waals surface area contributed by atoms with E-state index in [0.717, 1.165) is 78.6 Å². The lowest BCUT2D eigenvalue weighted by Gasteiger charge is -2.26. The van der Waals surface area contributed by atoms with Crippen LogP contribution in [0.25, 0.3) is 67.3 Å². The molecule has 1 fully saturated rings. The van der Waals surface area contributed by atoms with Crippen LogP contribution in [0.2, 0.25) is 5.02 Å². The van der Waals surface area contributed by atoms with Gasteiger partial charge in [-0.25, -0.2) is 44.3 Å². The quantitative estimate of drug-likeness (QED) is 0.0705. The minimum absolute atomic E-state index is 0.0684. The van der Waals surface area contributed by atoms with Crippen LogP contribution in [0.15, 0.2) is 188 Å². The number of ether oxygens (including phenoxy) is 1. The van der Waals surface area contributed by atoms with Crippen LogP contribution in [0.1, 0.15) is 11.1 Å². The van der Waals surface area contributed by atoms with Crippen LogP contribution in [0.4, 0.5) is 56.4 Å². The van der Waals surface area contributed by atoms with E-state index < -0.39 is 22.8 Å². The van der Waals surface area contributed by atoms with Crippen molar-refractivity contribution in [1.29, 1.82) is 0 Å². The second-order valence-corrected chi connectivity index (χ2v) is 19.4. The molecule has 0 atom stereocenters. The van der Waals surface area contributed by atoms with Gasteiger partial charge in [-0.05, 0) is 73.7 Å². The normalized spacial score (nSPS) is 12.2. The second-order valence-electron chi connectivity index (χ2n) is 19.0. The monoisotopic (exact) mass is 1180 g/mol. The lowest BCUT2D eigenvalue weighted by atomic mass is 10.2. The molecule has 0 unspecified atom stereocenters. The van der Waals surface area contributed by atoms with Crippen molar-refractivity contribution in [3.63, 3.8) is 0 Å². The molecule has 0 radical (unpaired) electrons. The summed E-state index contributed by atoms with van der Waals surface area (Å²) < 4.78 is 44.3. The fourth-order valence-electron chi connectivity index (χ4n) is 8.47. The van der Waals surface area contributed by atoms with Crippen molar-refractivity contribution >= 4 is 92.0 Å². The van der Waals surface area contributed by atoms with Gasteiger partial charge in [0.05, 0.1) is 59.5 Å². The lowest BCUT2D eigenvalue weighted by molar-refractivity contribution is -0.137. The van der Waals surface area contributed by atoms with Crippen molar-refractivity contribution in [3.8, 4) is 33.8 Å². The first kappa shape index (κ1) is 58.6. The Morgan fingerprint density at radius 2 is 0.907 bits per heavy atom. The average molecular weight is 1180 g/mol. The third-order valence-electron chi connectivity index (χ3n) is 12.8. The number of hydrogen-bond donors (Lipinski definition) is 6. The first-order chi connectivity index (χ1) is 41.7. The zero-order valence-electron chi connectivity index (χ0n) is 45.8. The van der Waals surface area contributed by atoms with Crippen LogP contribution >= 0.6 is 11.6 Å². The number of aryl methyl sites for hydroxylation is 1. The van der Waals surface area contributed by atoms with Crippen molar-refractivity contribution in [2.75, 3.05) is 66.0 Å². The van der Waals surface area contributed by atoms with E-state index in [9.17, 15) is 27.6 Å². The highest BCUT2D eigenvalue weighted by Crippen LogP contribution is 2.36. The molecule has 6 aromatic heterocycles. The lowest BCUT2D eigenvalue weighted by Crippen LogP contribution is -2.42. The third kappa shape index (κ3) is 16.1. The summed E-state index contributed by atoms with van der Waals surface area (Å²) in [7, 11) is 0. The number of amides is 6. The van der Waals surface area contributed by atoms with E-state index in [4.69, 9.17) is 16.3 Å². The Bertz CT molecular complexity index is 4150. The van der Waals surface area contributed by atoms with E-state index in [1.807, 2.05) is 122 Å². The predicted molar refractivity (Wildman–Crippen MR) is 326 cm³/mol. The molecule has 86 heavy (non-hydrogen) atoms. The van der Waals surface area contributed by atoms with Crippen LogP contribution in [0.3, 0.4) is 0 Å². The maximum atomic E-state index is 13.0. The zero-order chi connectivity index (χ0) is 59.8. The van der Waals surface area contributed by atoms with Gasteiger partial charge < -0.3 is 20.7 Å². The number of rotatable bonds is 11. The highest BCUT2D eigenvalue weighted by Gasteiger charge is 2.33. The number of morpholine rings is 1. The first-order valence-corrected chi connectivity index (χ1v) is 27.1. The Labute approximate surface area is 494 Å². The fraction of sp³-hybridized carbons (Fsp3) is 0.129. The number of fused-ring (bicyclic) bond motifs is 3. The minimum atomic E-state index is -4.64. The summed E-state index contributed by atoms with van der Waals surface area (Å²) in [6.07, 6.45) is 0.430. The molecule has 20 nitrogen and oxygen atoms in total. The number of anilines is 5. The van der Waals surface area contributed by atoms with Gasteiger partial charge in [0.2, 0.25) is 0 Å². The van der Waals surface area contributed by atoms with Crippen molar-refractivity contribution < 1.29 is 32.3 Å². The molecule has 0 aliphatic carbocycles. The van der Waals surface area contributed by atoms with E-state index in [1.165, 1.54) is 12.1 Å². The zero-order valence-corrected chi connectivity index (χ0v) is 46.5. The third-order valence-corrected chi connectivity index (χ3v) is 13.1. The minimum Gasteiger partial charge on any atom is -0.379 e. The number of nitrogens with zero attached hydrogens (tertiary/aromatic N) is 10. The maximum Gasteiger partial charge on any atom is 0.417 e. The van der Waals surface area contributed by atoms with Gasteiger partial charge in [-0.2, -0.15) is 13.2 Å². The van der Waals surface area contributed by atoms with Gasteiger partial charge in [-0.15, -0.1) is 0 Å². The average Bonchev–Trinajstić information content (AvgIpc) is 3.54. The molecule has 5 aromatic carbocycles. The van der Waals surface area contributed by atoms with Crippen LogP contribution in [-0.2, 0) is 10.9 Å². The van der Waals surface area contributed by atoms with Crippen molar-refractivity contribution in [2.45, 2.75) is 13.1 Å². The molecule has 11 aromatic rings. The summed E-state index contributed by atoms with van der Waals surface area (Å²) in [4.78, 5) is 78.7. The highest BCUT2D eigenvalue weighted by molar-refractivity contribution is 6.31. The van der Waals surface area contributed by atoms with Crippen molar-refractivity contribution in [2.24, 2.45) is 0 Å². The van der Waals surface area contributed by atoms with Gasteiger partial charge in [0, 0.05) is 54.2 Å². The molecule has 0 bridgehead atoms. The van der Waals surface area contributed by atoms with Gasteiger partial charge in [0.15, 0.2) is 16.9 Å². The second kappa shape index (κ2) is 27.6. The topological polar surface area (TPSA) is 252 Å². The standard InChI is InChI=1S/C21H13ClF3N5O.C21H17N5O.C20H22N6O2/c22-15-7-6-13(10-14(15)21(23,24)25)27-20(31)30-18-9-8-16-19(29-18)28-17(11-26-16)12-4-2-1-3-5-12;1-14-7-9-16(10-8-14)23-21(27)26-19-12-11-17-20(25-19)24-18(13-22-17)15-5-3-2-4-6-15;27-20(21-8-9-26-10-12-28-13-11-26)25-18-7-6-16-19(24-18)23-17(14-22-16)15-4-2-1-3-5-15/h1-11H,(H2,27,28,29,30,31);2-13H,1H3,(H2,23,24,25,26,27);1-7,14H,8-13H2,(H2,21,23,24,25,27). The molecule has 0 spiro atoms. The summed E-state index contributed by atoms with van der Waals surface area (Å²) in [5.41, 5.74) is 8.76. The van der Waals surface area contributed by atoms with Crippen LogP contribution in [-0.4, -0.2) is 107 Å². The summed E-state index contributed by atoms with van der Waals surface area (Å²) in [6, 6.07) is 48.4. The summed E-state index contributed by atoms with van der Waals surface area (Å²) in [5, 5.41) is 15.5. The molecule has 12 rings (SSSR count). The van der Waals surface area contributed by atoms with E-state index >= 15 is 0 Å². The molecule has 6 amide bonds. The van der Waals surface area contributed by atoms with E-state index in [0.29, 0.717) is 63.1 Å². The molecule has 7 heterocycles. The van der Waals surface area contributed by atoms with Crippen LogP contribution in [0.5, 0.6) is 0 Å². The predicted octanol–water partition coefficient (Wildman–Crippen LogP) is 12.8. The molecule has 6 N–H and O–H groups in total. The molecular weight excluding hydrogens is 1130 g/mol. The van der Waals surface area contributed by atoms with Gasteiger partial charge in [0.1, 0.15) is 34.0 Å². The number of nitrogens with one attached hydrogen (secondary N) is 6. The summed E-state index contributed by atoms with van der Waals surface area (Å²) in [5.74, 6) is 1.01. The van der Waals surface area contributed by atoms with Gasteiger partial charge in [-0.3, -0.25) is 35.8 Å². The molecule has 1 aliphatic rings. The van der Waals surface area contributed by atoms with E-state index in [-0.39, 0.29) is 23.6 Å². The summed E-state index contributed by atoms with van der Waals surface area (Å²) >= 11 is 5.59. The maximum absolute atomic E-state index is 13.0. The largest absolute Gasteiger partial charge is 0.417 e. The number of aromatic nitrogens is 9.